The third-order valence-electron chi connectivity index (χ3n) is 2.61. The van der Waals surface area contributed by atoms with Gasteiger partial charge in [-0.3, -0.25) is 4.79 Å². The largest absolute Gasteiger partial charge is 0.396 e. The number of anilines is 2. The van der Waals surface area contributed by atoms with Crippen molar-refractivity contribution in [3.63, 3.8) is 0 Å². The third-order valence-corrected chi connectivity index (χ3v) is 3.45. The molecule has 0 spiro atoms. The molecule has 4 nitrogen and oxygen atoms in total. The highest BCUT2D eigenvalue weighted by atomic mass is 79.9. The second kappa shape index (κ2) is 5.54. The normalized spacial score (nSPS) is 10.4. The lowest BCUT2D eigenvalue weighted by atomic mass is 10.1. The van der Waals surface area contributed by atoms with Gasteiger partial charge in [0, 0.05) is 4.47 Å². The minimum absolute atomic E-state index is 0.192. The van der Waals surface area contributed by atoms with E-state index in [2.05, 4.69) is 26.2 Å². The number of nitrogens with zero attached hydrogens (tertiary/aromatic N) is 1. The first-order valence-corrected chi connectivity index (χ1v) is 6.37. The molecule has 1 aromatic carbocycles. The van der Waals surface area contributed by atoms with Crippen LogP contribution in [0.15, 0.2) is 28.7 Å². The molecular formula is C13H10BrF2N3O. The second-order valence-electron chi connectivity index (χ2n) is 4.04. The van der Waals surface area contributed by atoms with Crippen LogP contribution in [0, 0.1) is 18.6 Å². The van der Waals surface area contributed by atoms with Crippen LogP contribution in [0.1, 0.15) is 16.1 Å². The lowest BCUT2D eigenvalue weighted by Gasteiger charge is -2.08. The molecule has 0 aliphatic heterocycles. The van der Waals surface area contributed by atoms with Gasteiger partial charge in [0.05, 0.1) is 11.4 Å². The number of halogens is 3. The fourth-order valence-corrected chi connectivity index (χ4v) is 1.79. The zero-order valence-corrected chi connectivity index (χ0v) is 12.0. The van der Waals surface area contributed by atoms with Gasteiger partial charge in [0.2, 0.25) is 0 Å². The van der Waals surface area contributed by atoms with E-state index >= 15 is 0 Å². The van der Waals surface area contributed by atoms with Gasteiger partial charge in [-0.05, 0) is 47.1 Å². The number of aromatic nitrogens is 1. The van der Waals surface area contributed by atoms with Crippen molar-refractivity contribution in [2.24, 2.45) is 0 Å². The number of nitrogens with two attached hydrogens (primary N) is 1. The molecule has 1 heterocycles. The highest BCUT2D eigenvalue weighted by Crippen LogP contribution is 2.21. The Kier molecular flexibility index (Phi) is 3.99. The average Bonchev–Trinajstić information content (AvgIpc) is 2.39. The number of nitrogens with one attached hydrogen (secondary N) is 1. The Morgan fingerprint density at radius 1 is 1.30 bits per heavy atom. The molecule has 20 heavy (non-hydrogen) atoms. The molecule has 0 unspecified atom stereocenters. The molecule has 7 heteroatoms. The van der Waals surface area contributed by atoms with Crippen molar-refractivity contribution in [3.05, 3.63) is 51.6 Å². The van der Waals surface area contributed by atoms with Gasteiger partial charge in [-0.15, -0.1) is 0 Å². The summed E-state index contributed by atoms with van der Waals surface area (Å²) in [6.45, 7) is 1.72. The summed E-state index contributed by atoms with van der Waals surface area (Å²) in [7, 11) is 0. The van der Waals surface area contributed by atoms with Gasteiger partial charge in [0.25, 0.3) is 5.91 Å². The molecule has 2 aromatic rings. The summed E-state index contributed by atoms with van der Waals surface area (Å²) >= 11 is 3.26. The monoisotopic (exact) mass is 341 g/mol. The van der Waals surface area contributed by atoms with E-state index in [1.165, 1.54) is 6.07 Å². The summed E-state index contributed by atoms with van der Waals surface area (Å²) in [5.74, 6) is -2.82. The molecule has 0 aliphatic rings. The van der Waals surface area contributed by atoms with Crippen LogP contribution in [-0.2, 0) is 0 Å². The van der Waals surface area contributed by atoms with Crippen LogP contribution in [-0.4, -0.2) is 10.9 Å². The van der Waals surface area contributed by atoms with Crippen molar-refractivity contribution in [1.29, 1.82) is 0 Å². The van der Waals surface area contributed by atoms with E-state index in [9.17, 15) is 13.6 Å². The molecule has 0 saturated carbocycles. The molecule has 0 radical (unpaired) electrons. The Labute approximate surface area is 122 Å². The van der Waals surface area contributed by atoms with Crippen molar-refractivity contribution < 1.29 is 13.6 Å². The number of carbonyl (C=O) groups is 1. The molecule has 0 fully saturated rings. The van der Waals surface area contributed by atoms with Gasteiger partial charge in [0.1, 0.15) is 17.2 Å². The van der Waals surface area contributed by atoms with Gasteiger partial charge in [-0.1, -0.05) is 0 Å². The van der Waals surface area contributed by atoms with Crippen LogP contribution in [0.5, 0.6) is 0 Å². The summed E-state index contributed by atoms with van der Waals surface area (Å²) in [5, 5.41) is 2.33. The molecule has 0 bridgehead atoms. The smallest absolute Gasteiger partial charge is 0.262 e. The van der Waals surface area contributed by atoms with Crippen molar-refractivity contribution in [2.75, 3.05) is 11.1 Å². The number of hydrogen-bond donors (Lipinski definition) is 2. The zero-order valence-electron chi connectivity index (χ0n) is 10.4. The van der Waals surface area contributed by atoms with E-state index in [0.717, 1.165) is 16.6 Å². The van der Waals surface area contributed by atoms with Crippen molar-refractivity contribution in [2.45, 2.75) is 6.92 Å². The molecule has 1 aromatic heterocycles. The molecule has 1 amide bonds. The number of carbonyl (C=O) groups excluding carboxylic acids is 1. The highest BCUT2D eigenvalue weighted by Gasteiger charge is 2.20. The molecule has 0 saturated heterocycles. The lowest BCUT2D eigenvalue weighted by Crippen LogP contribution is -2.17. The minimum Gasteiger partial charge on any atom is -0.396 e. The van der Waals surface area contributed by atoms with Crippen LogP contribution >= 0.6 is 15.9 Å². The predicted octanol–water partition coefficient (Wildman–Crippen LogP) is 3.27. The molecule has 104 valence electrons. The summed E-state index contributed by atoms with van der Waals surface area (Å²) in [6.07, 6.45) is 0. The fraction of sp³-hybridized carbons (Fsp3) is 0.0769. The summed E-state index contributed by atoms with van der Waals surface area (Å²) < 4.78 is 28.0. The first-order chi connectivity index (χ1) is 9.40. The van der Waals surface area contributed by atoms with Crippen molar-refractivity contribution in [1.82, 2.24) is 4.98 Å². The van der Waals surface area contributed by atoms with Crippen LogP contribution < -0.4 is 11.1 Å². The SMILES string of the molecule is Cc1nc(NC(=O)c2c(F)ccc(N)c2F)ccc1Br. The van der Waals surface area contributed by atoms with Gasteiger partial charge in [-0.25, -0.2) is 13.8 Å². The van der Waals surface area contributed by atoms with Crippen LogP contribution in [0.25, 0.3) is 0 Å². The topological polar surface area (TPSA) is 68.0 Å². The summed E-state index contributed by atoms with van der Waals surface area (Å²) in [6, 6.07) is 5.18. The maximum Gasteiger partial charge on any atom is 0.262 e. The molecule has 0 aliphatic carbocycles. The third kappa shape index (κ3) is 2.77. The molecule has 2 rings (SSSR count). The van der Waals surface area contributed by atoms with E-state index < -0.39 is 23.1 Å². The first-order valence-electron chi connectivity index (χ1n) is 5.58. The highest BCUT2D eigenvalue weighted by molar-refractivity contribution is 9.10. The fourth-order valence-electron chi connectivity index (χ4n) is 1.57. The van der Waals surface area contributed by atoms with Gasteiger partial charge < -0.3 is 11.1 Å². The quantitative estimate of drug-likeness (QED) is 0.823. The van der Waals surface area contributed by atoms with E-state index in [1.807, 2.05) is 0 Å². The Balaban J connectivity index is 2.33. The maximum atomic E-state index is 13.7. The Morgan fingerprint density at radius 3 is 2.65 bits per heavy atom. The van der Waals surface area contributed by atoms with Gasteiger partial charge in [0.15, 0.2) is 5.82 Å². The Bertz CT molecular complexity index is 692. The standard InChI is InChI=1S/C13H10BrF2N3O/c1-6-7(14)2-5-10(18-6)19-13(20)11-8(15)3-4-9(17)12(11)16/h2-5H,17H2,1H3,(H,18,19,20). The van der Waals surface area contributed by atoms with Crippen molar-refractivity contribution >= 4 is 33.3 Å². The molecule has 0 atom stereocenters. The minimum atomic E-state index is -1.09. The predicted molar refractivity (Wildman–Crippen MR) is 75.4 cm³/mol. The van der Waals surface area contributed by atoms with Gasteiger partial charge in [-0.2, -0.15) is 0 Å². The average molecular weight is 342 g/mol. The molecular weight excluding hydrogens is 332 g/mol. The van der Waals surface area contributed by atoms with E-state index in [1.54, 1.807) is 13.0 Å². The zero-order chi connectivity index (χ0) is 14.9. The molecule has 3 N–H and O–H groups in total. The Morgan fingerprint density at radius 2 is 2.00 bits per heavy atom. The second-order valence-corrected chi connectivity index (χ2v) is 4.90. The van der Waals surface area contributed by atoms with Gasteiger partial charge >= 0.3 is 0 Å². The number of aryl methyl sites for hydroxylation is 1. The number of pyridine rings is 1. The summed E-state index contributed by atoms with van der Waals surface area (Å²) in [5.41, 5.74) is 4.93. The number of amides is 1. The first kappa shape index (κ1) is 14.4. The van der Waals surface area contributed by atoms with E-state index in [4.69, 9.17) is 5.73 Å². The Hall–Kier alpha value is -2.02. The van der Waals surface area contributed by atoms with Crippen LogP contribution in [0.2, 0.25) is 0 Å². The number of nitrogen functional groups attached to an aromatic ring is 1. The number of benzene rings is 1. The van der Waals surface area contributed by atoms with E-state index in [0.29, 0.717) is 5.69 Å². The summed E-state index contributed by atoms with van der Waals surface area (Å²) in [4.78, 5) is 16.0. The number of rotatable bonds is 2. The van der Waals surface area contributed by atoms with E-state index in [-0.39, 0.29) is 11.5 Å². The lowest BCUT2D eigenvalue weighted by molar-refractivity contribution is 0.101. The number of hydrogen-bond acceptors (Lipinski definition) is 3. The van der Waals surface area contributed by atoms with Crippen LogP contribution in [0.4, 0.5) is 20.3 Å². The van der Waals surface area contributed by atoms with Crippen LogP contribution in [0.3, 0.4) is 0 Å². The maximum absolute atomic E-state index is 13.7. The van der Waals surface area contributed by atoms with Crippen molar-refractivity contribution in [3.8, 4) is 0 Å².